The van der Waals surface area contributed by atoms with Crippen LogP contribution in [0.2, 0.25) is 0 Å². The zero-order chi connectivity index (χ0) is 11.4. The Kier molecular flexibility index (Phi) is 3.51. The molecule has 2 N–H and O–H groups in total. The van der Waals surface area contributed by atoms with Crippen LogP contribution in [0.5, 0.6) is 0 Å². The van der Waals surface area contributed by atoms with Crippen molar-refractivity contribution in [1.29, 1.82) is 0 Å². The van der Waals surface area contributed by atoms with Crippen LogP contribution < -0.4 is 5.32 Å². The number of hydrogen-bond acceptors (Lipinski definition) is 3. The Bertz CT molecular complexity index is 414. The molecule has 0 saturated heterocycles. The van der Waals surface area contributed by atoms with Crippen molar-refractivity contribution in [3.05, 3.63) is 24.2 Å². The molecule has 0 aliphatic heterocycles. The van der Waals surface area contributed by atoms with E-state index in [0.717, 1.165) is 36.4 Å². The molecule has 2 aromatic rings. The van der Waals surface area contributed by atoms with Crippen molar-refractivity contribution in [3.8, 4) is 0 Å². The minimum absolute atomic E-state index is 0.553. The van der Waals surface area contributed by atoms with E-state index in [4.69, 9.17) is 0 Å². The summed E-state index contributed by atoms with van der Waals surface area (Å²) < 4.78 is 0. The average molecular weight is 218 g/mol. The van der Waals surface area contributed by atoms with E-state index in [0.29, 0.717) is 6.04 Å². The van der Waals surface area contributed by atoms with E-state index in [9.17, 15) is 0 Å². The summed E-state index contributed by atoms with van der Waals surface area (Å²) in [6.45, 7) is 5.35. The summed E-state index contributed by atoms with van der Waals surface area (Å²) in [5.41, 5.74) is 1.84. The summed E-state index contributed by atoms with van der Waals surface area (Å²) in [6, 6.07) is 4.48. The minimum atomic E-state index is 0.553. The smallest absolute Gasteiger partial charge is 0.177 e. The van der Waals surface area contributed by atoms with Gasteiger partial charge < -0.3 is 10.3 Å². The van der Waals surface area contributed by atoms with E-state index < -0.39 is 0 Å². The Morgan fingerprint density at radius 2 is 2.31 bits per heavy atom. The maximum absolute atomic E-state index is 4.43. The van der Waals surface area contributed by atoms with Gasteiger partial charge in [0, 0.05) is 18.7 Å². The molecule has 4 nitrogen and oxygen atoms in total. The number of imidazole rings is 1. The number of nitrogens with one attached hydrogen (secondary N) is 2. The number of hydrogen-bond donors (Lipinski definition) is 2. The van der Waals surface area contributed by atoms with E-state index in [2.05, 4.69) is 34.1 Å². The van der Waals surface area contributed by atoms with Gasteiger partial charge in [0.25, 0.3) is 0 Å². The SMILES string of the molecule is CC(C)NCCCc1nc2ncccc2[nH]1. The van der Waals surface area contributed by atoms with Gasteiger partial charge in [0.05, 0.1) is 5.52 Å². The molecule has 0 fully saturated rings. The first-order valence-corrected chi connectivity index (χ1v) is 5.78. The number of fused-ring (bicyclic) bond motifs is 1. The summed E-state index contributed by atoms with van der Waals surface area (Å²) >= 11 is 0. The third kappa shape index (κ3) is 2.79. The maximum Gasteiger partial charge on any atom is 0.177 e. The number of nitrogens with zero attached hydrogens (tertiary/aromatic N) is 2. The Morgan fingerprint density at radius 1 is 1.44 bits per heavy atom. The van der Waals surface area contributed by atoms with Crippen LogP contribution in [0.15, 0.2) is 18.3 Å². The number of aromatic nitrogens is 3. The molecule has 0 saturated carbocycles. The number of aromatic amines is 1. The molecule has 2 aromatic heterocycles. The maximum atomic E-state index is 4.43. The normalized spacial score (nSPS) is 11.4. The number of rotatable bonds is 5. The molecule has 0 amide bonds. The van der Waals surface area contributed by atoms with Gasteiger partial charge in [-0.05, 0) is 25.1 Å². The van der Waals surface area contributed by atoms with Gasteiger partial charge >= 0.3 is 0 Å². The lowest BCUT2D eigenvalue weighted by Gasteiger charge is -2.06. The number of aryl methyl sites for hydroxylation is 1. The van der Waals surface area contributed by atoms with E-state index in [1.54, 1.807) is 6.20 Å². The first kappa shape index (κ1) is 11.1. The molecular formula is C12H18N4. The van der Waals surface area contributed by atoms with Gasteiger partial charge in [-0.15, -0.1) is 0 Å². The second-order valence-corrected chi connectivity index (χ2v) is 4.27. The van der Waals surface area contributed by atoms with Crippen molar-refractivity contribution in [1.82, 2.24) is 20.3 Å². The van der Waals surface area contributed by atoms with Crippen LogP contribution in [0.1, 0.15) is 26.1 Å². The summed E-state index contributed by atoms with van der Waals surface area (Å²) in [5.74, 6) is 1.03. The van der Waals surface area contributed by atoms with Gasteiger partial charge in [0.15, 0.2) is 5.65 Å². The molecule has 0 unspecified atom stereocenters. The van der Waals surface area contributed by atoms with E-state index >= 15 is 0 Å². The number of H-pyrrole nitrogens is 1. The quantitative estimate of drug-likeness (QED) is 0.753. The largest absolute Gasteiger partial charge is 0.341 e. The number of pyridine rings is 1. The third-order valence-electron chi connectivity index (χ3n) is 2.45. The molecule has 0 atom stereocenters. The molecule has 0 radical (unpaired) electrons. The highest BCUT2D eigenvalue weighted by atomic mass is 15.0. The lowest BCUT2D eigenvalue weighted by Crippen LogP contribution is -2.24. The second-order valence-electron chi connectivity index (χ2n) is 4.27. The van der Waals surface area contributed by atoms with Gasteiger partial charge in [0.1, 0.15) is 5.82 Å². The van der Waals surface area contributed by atoms with Crippen molar-refractivity contribution in [2.24, 2.45) is 0 Å². The van der Waals surface area contributed by atoms with Gasteiger partial charge in [-0.1, -0.05) is 13.8 Å². The minimum Gasteiger partial charge on any atom is -0.341 e. The fourth-order valence-corrected chi connectivity index (χ4v) is 1.66. The molecule has 0 spiro atoms. The first-order chi connectivity index (χ1) is 7.75. The topological polar surface area (TPSA) is 53.6 Å². The van der Waals surface area contributed by atoms with Crippen molar-refractivity contribution in [2.75, 3.05) is 6.54 Å². The van der Waals surface area contributed by atoms with Crippen LogP contribution in [-0.2, 0) is 6.42 Å². The summed E-state index contributed by atoms with van der Waals surface area (Å²) in [5, 5.41) is 3.39. The molecule has 2 rings (SSSR count). The van der Waals surface area contributed by atoms with Crippen LogP contribution in [0.3, 0.4) is 0 Å². The van der Waals surface area contributed by atoms with Gasteiger partial charge in [-0.3, -0.25) is 0 Å². The zero-order valence-corrected chi connectivity index (χ0v) is 9.83. The molecule has 0 aromatic carbocycles. The summed E-state index contributed by atoms with van der Waals surface area (Å²) in [4.78, 5) is 11.9. The predicted molar refractivity (Wildman–Crippen MR) is 65.3 cm³/mol. The molecule has 86 valence electrons. The molecule has 2 heterocycles. The molecule has 0 aliphatic carbocycles. The van der Waals surface area contributed by atoms with E-state index in [-0.39, 0.29) is 0 Å². The highest BCUT2D eigenvalue weighted by molar-refractivity contribution is 5.69. The van der Waals surface area contributed by atoms with Crippen LogP contribution in [0.4, 0.5) is 0 Å². The van der Waals surface area contributed by atoms with Crippen molar-refractivity contribution >= 4 is 11.2 Å². The zero-order valence-electron chi connectivity index (χ0n) is 9.83. The lowest BCUT2D eigenvalue weighted by atomic mass is 10.3. The lowest BCUT2D eigenvalue weighted by molar-refractivity contribution is 0.567. The predicted octanol–water partition coefficient (Wildman–Crippen LogP) is 1.89. The van der Waals surface area contributed by atoms with Crippen LogP contribution in [-0.4, -0.2) is 27.5 Å². The molecule has 16 heavy (non-hydrogen) atoms. The van der Waals surface area contributed by atoms with Gasteiger partial charge in [-0.25, -0.2) is 9.97 Å². The monoisotopic (exact) mass is 218 g/mol. The summed E-state index contributed by atoms with van der Waals surface area (Å²) in [6.07, 6.45) is 3.83. The molecular weight excluding hydrogens is 200 g/mol. The van der Waals surface area contributed by atoms with Crippen LogP contribution >= 0.6 is 0 Å². The highest BCUT2D eigenvalue weighted by Crippen LogP contribution is 2.08. The Balaban J connectivity index is 1.89. The second kappa shape index (κ2) is 5.07. The van der Waals surface area contributed by atoms with Gasteiger partial charge in [-0.2, -0.15) is 0 Å². The Labute approximate surface area is 95.5 Å². The van der Waals surface area contributed by atoms with Crippen molar-refractivity contribution in [3.63, 3.8) is 0 Å². The average Bonchev–Trinajstić information content (AvgIpc) is 2.66. The molecule has 4 heteroatoms. The van der Waals surface area contributed by atoms with E-state index in [1.165, 1.54) is 0 Å². The Hall–Kier alpha value is -1.42. The Morgan fingerprint density at radius 3 is 3.06 bits per heavy atom. The third-order valence-corrected chi connectivity index (χ3v) is 2.45. The van der Waals surface area contributed by atoms with Crippen LogP contribution in [0, 0.1) is 0 Å². The molecule has 0 aliphatic rings. The fraction of sp³-hybridized carbons (Fsp3) is 0.500. The van der Waals surface area contributed by atoms with E-state index in [1.807, 2.05) is 12.1 Å². The van der Waals surface area contributed by atoms with Crippen LogP contribution in [0.25, 0.3) is 11.2 Å². The standard InChI is InChI=1S/C12H18N4/c1-9(2)13-7-4-6-11-15-10-5-3-8-14-12(10)16-11/h3,5,8-9,13H,4,6-7H2,1-2H3,(H,14,15,16). The fourth-order valence-electron chi connectivity index (χ4n) is 1.66. The summed E-state index contributed by atoms with van der Waals surface area (Å²) in [7, 11) is 0. The van der Waals surface area contributed by atoms with Crippen molar-refractivity contribution in [2.45, 2.75) is 32.7 Å². The molecule has 0 bridgehead atoms. The first-order valence-electron chi connectivity index (χ1n) is 5.78. The highest BCUT2D eigenvalue weighted by Gasteiger charge is 2.02. The van der Waals surface area contributed by atoms with Crippen molar-refractivity contribution < 1.29 is 0 Å². The van der Waals surface area contributed by atoms with Gasteiger partial charge in [0.2, 0.25) is 0 Å².